The van der Waals surface area contributed by atoms with Crippen molar-refractivity contribution in [1.29, 1.82) is 0 Å². The summed E-state index contributed by atoms with van der Waals surface area (Å²) in [5, 5.41) is 10.7. The second-order valence-corrected chi connectivity index (χ2v) is 13.7. The van der Waals surface area contributed by atoms with Crippen LogP contribution in [0, 0.1) is 46.3 Å². The van der Waals surface area contributed by atoms with Gasteiger partial charge in [-0.2, -0.15) is 0 Å². The Balaban J connectivity index is 1.43. The van der Waals surface area contributed by atoms with Crippen molar-refractivity contribution in [2.24, 2.45) is 46.3 Å². The molecule has 0 saturated heterocycles. The molecular formula is C29H52O2. The van der Waals surface area contributed by atoms with Crippen LogP contribution in [0.3, 0.4) is 0 Å². The van der Waals surface area contributed by atoms with Gasteiger partial charge in [0.1, 0.15) is 0 Å². The van der Waals surface area contributed by atoms with Crippen LogP contribution in [0.2, 0.25) is 0 Å². The minimum atomic E-state index is -0.499. The Kier molecular flexibility index (Phi) is 6.44. The van der Waals surface area contributed by atoms with Gasteiger partial charge >= 0.3 is 0 Å². The van der Waals surface area contributed by atoms with E-state index in [1.54, 1.807) is 0 Å². The van der Waals surface area contributed by atoms with Gasteiger partial charge in [0.05, 0.1) is 11.2 Å². The maximum absolute atomic E-state index is 10.7. The van der Waals surface area contributed by atoms with Crippen LogP contribution in [0.15, 0.2) is 0 Å². The van der Waals surface area contributed by atoms with Crippen molar-refractivity contribution >= 4 is 0 Å². The largest absolute Gasteiger partial charge is 0.390 e. The first-order chi connectivity index (χ1) is 14.5. The normalized spacial score (nSPS) is 49.3. The van der Waals surface area contributed by atoms with Gasteiger partial charge < -0.3 is 9.84 Å². The molecule has 180 valence electrons. The molecule has 31 heavy (non-hydrogen) atoms. The molecule has 9 atom stereocenters. The molecular weight excluding hydrogens is 380 g/mol. The van der Waals surface area contributed by atoms with E-state index >= 15 is 0 Å². The Morgan fingerprint density at radius 1 is 0.935 bits per heavy atom. The highest BCUT2D eigenvalue weighted by Gasteiger charge is 2.60. The summed E-state index contributed by atoms with van der Waals surface area (Å²) in [7, 11) is 1.93. The lowest BCUT2D eigenvalue weighted by Gasteiger charge is -2.62. The summed E-state index contributed by atoms with van der Waals surface area (Å²) in [6.07, 6.45) is 16.1. The number of ether oxygens (including phenoxy) is 1. The van der Waals surface area contributed by atoms with Crippen LogP contribution >= 0.6 is 0 Å². The van der Waals surface area contributed by atoms with Gasteiger partial charge in [-0.25, -0.2) is 0 Å². The van der Waals surface area contributed by atoms with E-state index in [0.29, 0.717) is 16.7 Å². The van der Waals surface area contributed by atoms with Crippen LogP contribution in [-0.4, -0.2) is 23.4 Å². The molecule has 4 fully saturated rings. The highest BCUT2D eigenvalue weighted by molar-refractivity contribution is 5.10. The van der Waals surface area contributed by atoms with Gasteiger partial charge in [0.15, 0.2) is 0 Å². The second-order valence-electron chi connectivity index (χ2n) is 13.7. The van der Waals surface area contributed by atoms with Crippen LogP contribution in [0.25, 0.3) is 0 Å². The predicted molar refractivity (Wildman–Crippen MR) is 130 cm³/mol. The molecule has 0 aromatic carbocycles. The van der Waals surface area contributed by atoms with Crippen LogP contribution in [-0.2, 0) is 4.74 Å². The summed E-state index contributed by atoms with van der Waals surface area (Å²) in [4.78, 5) is 0. The van der Waals surface area contributed by atoms with E-state index in [4.69, 9.17) is 4.74 Å². The summed E-state index contributed by atoms with van der Waals surface area (Å²) >= 11 is 0. The van der Waals surface area contributed by atoms with Crippen molar-refractivity contribution in [2.75, 3.05) is 7.11 Å². The van der Waals surface area contributed by atoms with E-state index in [1.165, 1.54) is 70.6 Å². The number of rotatable bonds is 6. The van der Waals surface area contributed by atoms with Crippen molar-refractivity contribution in [3.8, 4) is 0 Å². The van der Waals surface area contributed by atoms with Crippen molar-refractivity contribution in [3.05, 3.63) is 0 Å². The fourth-order valence-electron chi connectivity index (χ4n) is 9.18. The Bertz CT molecular complexity index is 641. The first-order valence-corrected chi connectivity index (χ1v) is 13.7. The second kappa shape index (κ2) is 8.30. The zero-order valence-corrected chi connectivity index (χ0v) is 21.8. The predicted octanol–water partition coefficient (Wildman–Crippen LogP) is 7.63. The van der Waals surface area contributed by atoms with Crippen LogP contribution in [0.1, 0.15) is 119 Å². The molecule has 2 nitrogen and oxygen atoms in total. The number of hydrogen-bond acceptors (Lipinski definition) is 2. The number of aliphatic hydroxyl groups is 1. The molecule has 0 aromatic rings. The zero-order chi connectivity index (χ0) is 22.7. The van der Waals surface area contributed by atoms with Gasteiger partial charge in [0, 0.05) is 7.11 Å². The molecule has 0 aromatic heterocycles. The van der Waals surface area contributed by atoms with Gasteiger partial charge in [-0.3, -0.25) is 0 Å². The third kappa shape index (κ3) is 4.05. The van der Waals surface area contributed by atoms with Crippen molar-refractivity contribution in [3.63, 3.8) is 0 Å². The summed E-state index contributed by atoms with van der Waals surface area (Å²) in [5.74, 6) is 4.97. The molecule has 4 aliphatic carbocycles. The molecule has 4 rings (SSSR count). The first-order valence-electron chi connectivity index (χ1n) is 13.7. The molecule has 0 heterocycles. The molecule has 1 N–H and O–H groups in total. The summed E-state index contributed by atoms with van der Waals surface area (Å²) in [5.41, 5.74) is 0.733. The Labute approximate surface area is 193 Å². The Morgan fingerprint density at radius 2 is 1.65 bits per heavy atom. The number of methoxy groups -OCH3 is 1. The Hall–Kier alpha value is -0.0800. The molecule has 0 amide bonds. The quantitative estimate of drug-likeness (QED) is 0.467. The number of hydrogen-bond donors (Lipinski definition) is 1. The van der Waals surface area contributed by atoms with E-state index in [0.717, 1.165) is 36.0 Å². The fourth-order valence-corrected chi connectivity index (χ4v) is 9.18. The van der Waals surface area contributed by atoms with Crippen LogP contribution in [0.5, 0.6) is 0 Å². The van der Waals surface area contributed by atoms with E-state index in [2.05, 4.69) is 34.6 Å². The van der Waals surface area contributed by atoms with Crippen molar-refractivity contribution < 1.29 is 9.84 Å². The van der Waals surface area contributed by atoms with E-state index < -0.39 is 5.60 Å². The lowest BCUT2D eigenvalue weighted by Crippen LogP contribution is -2.55. The maximum Gasteiger partial charge on any atom is 0.0653 e. The first kappa shape index (κ1) is 24.1. The molecule has 2 heteroatoms. The molecule has 9 unspecified atom stereocenters. The van der Waals surface area contributed by atoms with Crippen molar-refractivity contribution in [2.45, 2.75) is 130 Å². The van der Waals surface area contributed by atoms with Gasteiger partial charge in [0.2, 0.25) is 0 Å². The van der Waals surface area contributed by atoms with Gasteiger partial charge in [-0.05, 0) is 131 Å². The lowest BCUT2D eigenvalue weighted by molar-refractivity contribution is -0.154. The molecule has 0 aliphatic heterocycles. The lowest BCUT2D eigenvalue weighted by atomic mass is 9.44. The fraction of sp³-hybridized carbons (Fsp3) is 1.00. The third-order valence-electron chi connectivity index (χ3n) is 12.1. The Morgan fingerprint density at radius 3 is 2.32 bits per heavy atom. The minimum absolute atomic E-state index is 0.121. The van der Waals surface area contributed by atoms with Crippen LogP contribution < -0.4 is 0 Å². The smallest absolute Gasteiger partial charge is 0.0653 e. The standard InChI is InChI=1S/C29H52O2/c1-20(2)29(6,30)15-8-9-21-11-13-24-23-12-10-22-19-26(3,31-7)17-18-28(22,5)25(23)14-16-27(21,24)4/h20-25,30H,8-19H2,1-7H3. The molecule has 0 bridgehead atoms. The SMILES string of the molecule is COC1(C)CCC2(C)C(CCC3C4CCC(CCCC(C)(O)C(C)C)C4(C)CCC32)C1. The van der Waals surface area contributed by atoms with Crippen molar-refractivity contribution in [1.82, 2.24) is 0 Å². The molecule has 4 saturated carbocycles. The van der Waals surface area contributed by atoms with Gasteiger partial charge in [-0.15, -0.1) is 0 Å². The molecule has 0 spiro atoms. The summed E-state index contributed by atoms with van der Waals surface area (Å²) < 4.78 is 5.97. The topological polar surface area (TPSA) is 29.5 Å². The monoisotopic (exact) mass is 432 g/mol. The van der Waals surface area contributed by atoms with E-state index in [1.807, 2.05) is 14.0 Å². The van der Waals surface area contributed by atoms with Gasteiger partial charge in [0.25, 0.3) is 0 Å². The molecule has 4 aliphatic rings. The average molecular weight is 433 g/mol. The highest BCUT2D eigenvalue weighted by Crippen LogP contribution is 2.68. The van der Waals surface area contributed by atoms with E-state index in [-0.39, 0.29) is 5.60 Å². The maximum atomic E-state index is 10.7. The van der Waals surface area contributed by atoms with Gasteiger partial charge in [-0.1, -0.05) is 34.1 Å². The number of fused-ring (bicyclic) bond motifs is 5. The minimum Gasteiger partial charge on any atom is -0.390 e. The highest BCUT2D eigenvalue weighted by atomic mass is 16.5. The molecule has 0 radical (unpaired) electrons. The van der Waals surface area contributed by atoms with E-state index in [9.17, 15) is 5.11 Å². The zero-order valence-electron chi connectivity index (χ0n) is 21.8. The summed E-state index contributed by atoms with van der Waals surface area (Å²) in [6, 6.07) is 0. The third-order valence-corrected chi connectivity index (χ3v) is 12.1. The van der Waals surface area contributed by atoms with Crippen LogP contribution in [0.4, 0.5) is 0 Å². The summed E-state index contributed by atoms with van der Waals surface area (Å²) in [6.45, 7) is 14.1. The average Bonchev–Trinajstić information content (AvgIpc) is 3.05.